The molecule has 0 radical (unpaired) electrons. The summed E-state index contributed by atoms with van der Waals surface area (Å²) in [6, 6.07) is 1.64. The molecule has 1 aromatic rings. The van der Waals surface area contributed by atoms with Gasteiger partial charge in [0, 0.05) is 12.3 Å². The Hall–Kier alpha value is -1.65. The third kappa shape index (κ3) is 1.70. The van der Waals surface area contributed by atoms with Gasteiger partial charge in [-0.1, -0.05) is 0 Å². The Balaban J connectivity index is 2.50. The maximum Gasteiger partial charge on any atom is 0.225 e. The second-order valence-corrected chi connectivity index (χ2v) is 1.48. The number of nitrogens with zero attached hydrogens (tertiary/aromatic N) is 2. The second kappa shape index (κ2) is 3.39. The first-order chi connectivity index (χ1) is 4.93. The molecule has 0 aromatic carbocycles. The molecule has 5 heteroatoms. The van der Waals surface area contributed by atoms with Crippen LogP contribution in [0.15, 0.2) is 18.6 Å². The second-order valence-electron chi connectivity index (χ2n) is 1.48. The molecule has 0 atom stereocenters. The highest BCUT2D eigenvalue weighted by atomic mass is 16.1. The molecule has 0 bridgehead atoms. The Kier molecular flexibility index (Phi) is 2.19. The first-order valence-corrected chi connectivity index (χ1v) is 2.64. The van der Waals surface area contributed by atoms with Crippen molar-refractivity contribution in [2.75, 3.05) is 5.43 Å². The SMILES string of the molecule is O=CNNc1ccncn1. The summed E-state index contributed by atoms with van der Waals surface area (Å²) in [5.74, 6) is 0.558. The lowest BCUT2D eigenvalue weighted by Gasteiger charge is -1.99. The van der Waals surface area contributed by atoms with Crippen LogP contribution in [0.2, 0.25) is 0 Å². The summed E-state index contributed by atoms with van der Waals surface area (Å²) < 4.78 is 0. The van der Waals surface area contributed by atoms with Crippen LogP contribution in [0.4, 0.5) is 5.82 Å². The molecule has 0 aliphatic heterocycles. The highest BCUT2D eigenvalue weighted by molar-refractivity contribution is 5.50. The van der Waals surface area contributed by atoms with E-state index in [0.29, 0.717) is 12.2 Å². The van der Waals surface area contributed by atoms with Crippen molar-refractivity contribution in [3.63, 3.8) is 0 Å². The van der Waals surface area contributed by atoms with Gasteiger partial charge in [-0.2, -0.15) is 0 Å². The van der Waals surface area contributed by atoms with Gasteiger partial charge in [0.2, 0.25) is 6.41 Å². The number of aromatic nitrogens is 2. The van der Waals surface area contributed by atoms with Crippen LogP contribution in [0.5, 0.6) is 0 Å². The van der Waals surface area contributed by atoms with Crippen LogP contribution in [0.1, 0.15) is 0 Å². The van der Waals surface area contributed by atoms with Crippen molar-refractivity contribution >= 4 is 12.2 Å². The van der Waals surface area contributed by atoms with Gasteiger partial charge in [-0.3, -0.25) is 15.6 Å². The molecular formula is C5H6N4O. The van der Waals surface area contributed by atoms with E-state index in [4.69, 9.17) is 0 Å². The summed E-state index contributed by atoms with van der Waals surface area (Å²) in [6.45, 7) is 0. The Labute approximate surface area is 57.5 Å². The zero-order chi connectivity index (χ0) is 7.23. The number of carbonyl (C=O) groups is 1. The monoisotopic (exact) mass is 138 g/mol. The standard InChI is InChI=1S/C5H6N4O/c10-4-8-9-5-1-2-6-3-7-5/h1-4H,(H,8,10)(H,6,7,9). The summed E-state index contributed by atoms with van der Waals surface area (Å²) in [7, 11) is 0. The van der Waals surface area contributed by atoms with Gasteiger partial charge in [0.1, 0.15) is 12.1 Å². The van der Waals surface area contributed by atoms with Gasteiger partial charge in [0.15, 0.2) is 0 Å². The van der Waals surface area contributed by atoms with Crippen molar-refractivity contribution in [2.45, 2.75) is 0 Å². The molecule has 1 aromatic heterocycles. The molecule has 0 aliphatic carbocycles. The molecular weight excluding hydrogens is 132 g/mol. The molecule has 0 spiro atoms. The Morgan fingerprint density at radius 3 is 3.10 bits per heavy atom. The van der Waals surface area contributed by atoms with Crippen LogP contribution in [0, 0.1) is 0 Å². The van der Waals surface area contributed by atoms with Crippen LogP contribution in [0.25, 0.3) is 0 Å². The molecule has 1 heterocycles. The summed E-state index contributed by atoms with van der Waals surface area (Å²) in [6.07, 6.45) is 3.48. The third-order valence-corrected chi connectivity index (χ3v) is 0.841. The molecule has 5 nitrogen and oxygen atoms in total. The molecule has 0 aliphatic rings. The molecule has 1 amide bonds. The first-order valence-electron chi connectivity index (χ1n) is 2.64. The lowest BCUT2D eigenvalue weighted by Crippen LogP contribution is -2.19. The maximum absolute atomic E-state index is 9.76. The minimum atomic E-state index is 0.530. The largest absolute Gasteiger partial charge is 0.282 e. The van der Waals surface area contributed by atoms with Crippen molar-refractivity contribution in [1.29, 1.82) is 0 Å². The van der Waals surface area contributed by atoms with E-state index in [1.165, 1.54) is 6.33 Å². The van der Waals surface area contributed by atoms with E-state index in [1.54, 1.807) is 12.3 Å². The van der Waals surface area contributed by atoms with Gasteiger partial charge in [0.25, 0.3) is 0 Å². The van der Waals surface area contributed by atoms with Crippen LogP contribution in [-0.2, 0) is 4.79 Å². The predicted molar refractivity (Wildman–Crippen MR) is 34.9 cm³/mol. The summed E-state index contributed by atoms with van der Waals surface area (Å²) in [5.41, 5.74) is 4.77. The molecule has 52 valence electrons. The van der Waals surface area contributed by atoms with Gasteiger partial charge < -0.3 is 0 Å². The van der Waals surface area contributed by atoms with Crippen molar-refractivity contribution in [2.24, 2.45) is 0 Å². The number of rotatable bonds is 3. The molecule has 1 rings (SSSR count). The third-order valence-electron chi connectivity index (χ3n) is 0.841. The maximum atomic E-state index is 9.76. The number of hydrogen-bond acceptors (Lipinski definition) is 4. The van der Waals surface area contributed by atoms with Crippen molar-refractivity contribution in [3.8, 4) is 0 Å². The van der Waals surface area contributed by atoms with E-state index < -0.39 is 0 Å². The topological polar surface area (TPSA) is 66.9 Å². The van der Waals surface area contributed by atoms with Crippen molar-refractivity contribution in [3.05, 3.63) is 18.6 Å². The first kappa shape index (κ1) is 6.47. The Morgan fingerprint density at radius 2 is 2.50 bits per heavy atom. The molecule has 0 saturated heterocycles. The number of hydrogen-bond donors (Lipinski definition) is 2. The Morgan fingerprint density at radius 1 is 1.60 bits per heavy atom. The smallest absolute Gasteiger partial charge is 0.225 e. The fraction of sp³-hybridized carbons (Fsp3) is 0. The fourth-order valence-electron chi connectivity index (χ4n) is 0.468. The highest BCUT2D eigenvalue weighted by Crippen LogP contribution is 1.93. The van der Waals surface area contributed by atoms with E-state index in [1.807, 2.05) is 0 Å². The molecule has 10 heavy (non-hydrogen) atoms. The van der Waals surface area contributed by atoms with Gasteiger partial charge in [-0.05, 0) is 0 Å². The van der Waals surface area contributed by atoms with Crippen molar-refractivity contribution in [1.82, 2.24) is 15.4 Å². The molecule has 2 N–H and O–H groups in total. The van der Waals surface area contributed by atoms with Crippen LogP contribution in [0.3, 0.4) is 0 Å². The molecule has 0 fully saturated rings. The van der Waals surface area contributed by atoms with Gasteiger partial charge in [-0.15, -0.1) is 0 Å². The van der Waals surface area contributed by atoms with E-state index in [9.17, 15) is 4.79 Å². The average molecular weight is 138 g/mol. The average Bonchev–Trinajstić information content (AvgIpc) is 2.03. The lowest BCUT2D eigenvalue weighted by atomic mass is 10.6. The van der Waals surface area contributed by atoms with Crippen LogP contribution >= 0.6 is 0 Å². The number of carbonyl (C=O) groups excluding carboxylic acids is 1. The van der Waals surface area contributed by atoms with Crippen LogP contribution in [-0.4, -0.2) is 16.4 Å². The van der Waals surface area contributed by atoms with Crippen LogP contribution < -0.4 is 10.9 Å². The predicted octanol–water partition coefficient (Wildman–Crippen LogP) is -0.451. The Bertz CT molecular complexity index is 200. The lowest BCUT2D eigenvalue weighted by molar-refractivity contribution is -0.109. The summed E-state index contributed by atoms with van der Waals surface area (Å²) in [5, 5.41) is 0. The van der Waals surface area contributed by atoms with E-state index in [-0.39, 0.29) is 0 Å². The minimum Gasteiger partial charge on any atom is -0.282 e. The van der Waals surface area contributed by atoms with Gasteiger partial charge >= 0.3 is 0 Å². The number of anilines is 1. The number of nitrogens with one attached hydrogen (secondary N) is 2. The zero-order valence-corrected chi connectivity index (χ0v) is 5.11. The zero-order valence-electron chi connectivity index (χ0n) is 5.11. The van der Waals surface area contributed by atoms with E-state index in [0.717, 1.165) is 0 Å². The number of amides is 1. The quantitative estimate of drug-likeness (QED) is 0.438. The fourth-order valence-corrected chi connectivity index (χ4v) is 0.468. The number of hydrazine groups is 1. The van der Waals surface area contributed by atoms with E-state index >= 15 is 0 Å². The molecule has 0 unspecified atom stereocenters. The summed E-state index contributed by atoms with van der Waals surface area (Å²) in [4.78, 5) is 17.2. The summed E-state index contributed by atoms with van der Waals surface area (Å²) >= 11 is 0. The van der Waals surface area contributed by atoms with Crippen molar-refractivity contribution < 1.29 is 4.79 Å². The van der Waals surface area contributed by atoms with Gasteiger partial charge in [0.05, 0.1) is 0 Å². The van der Waals surface area contributed by atoms with Gasteiger partial charge in [-0.25, -0.2) is 9.97 Å². The highest BCUT2D eigenvalue weighted by Gasteiger charge is 1.85. The van der Waals surface area contributed by atoms with E-state index in [2.05, 4.69) is 20.8 Å². The molecule has 0 saturated carbocycles. The normalized spacial score (nSPS) is 8.40. The minimum absolute atomic E-state index is 0.530.